The summed E-state index contributed by atoms with van der Waals surface area (Å²) < 4.78 is 0. The van der Waals surface area contributed by atoms with E-state index in [9.17, 15) is 24.0 Å². The highest BCUT2D eigenvalue weighted by Crippen LogP contribution is 2.40. The lowest BCUT2D eigenvalue weighted by molar-refractivity contribution is -0.145. The lowest BCUT2D eigenvalue weighted by Gasteiger charge is -2.36. The summed E-state index contributed by atoms with van der Waals surface area (Å²) >= 11 is 6.21. The smallest absolute Gasteiger partial charge is 0.289 e. The monoisotopic (exact) mass is 710 g/mol. The number of rotatable bonds is 12. The van der Waals surface area contributed by atoms with Crippen molar-refractivity contribution in [1.29, 1.82) is 0 Å². The van der Waals surface area contributed by atoms with Crippen LogP contribution in [0.1, 0.15) is 116 Å². The predicted molar refractivity (Wildman–Crippen MR) is 187 cm³/mol. The summed E-state index contributed by atoms with van der Waals surface area (Å²) in [5.41, 5.74) is -0.433. The fourth-order valence-electron chi connectivity index (χ4n) is 7.75. The molecule has 3 heterocycles. The molecule has 1 aromatic rings. The topological polar surface area (TPSA) is 159 Å². The van der Waals surface area contributed by atoms with E-state index in [0.717, 1.165) is 57.8 Å². The molecule has 1 unspecified atom stereocenters. The van der Waals surface area contributed by atoms with Gasteiger partial charge in [-0.15, -0.1) is 0 Å². The molecule has 3 N–H and O–H groups in total. The Balaban J connectivity index is 1.24. The zero-order valence-electron chi connectivity index (χ0n) is 29.5. The first-order valence-corrected chi connectivity index (χ1v) is 18.8. The molecule has 13 heteroatoms. The van der Waals surface area contributed by atoms with Crippen molar-refractivity contribution in [3.8, 4) is 0 Å². The summed E-state index contributed by atoms with van der Waals surface area (Å²) in [6, 6.07) is -1.22. The third-order valence-corrected chi connectivity index (χ3v) is 11.2. The second kappa shape index (κ2) is 15.0. The van der Waals surface area contributed by atoms with Crippen molar-refractivity contribution in [3.05, 3.63) is 29.0 Å². The summed E-state index contributed by atoms with van der Waals surface area (Å²) in [7, 11) is 0. The molecule has 0 radical (unpaired) electrons. The van der Waals surface area contributed by atoms with Crippen LogP contribution in [-0.2, 0) is 28.8 Å². The first-order chi connectivity index (χ1) is 23.8. The van der Waals surface area contributed by atoms with Crippen molar-refractivity contribution in [2.75, 3.05) is 6.54 Å². The van der Waals surface area contributed by atoms with E-state index < -0.39 is 52.6 Å². The number of aromatic nitrogens is 1. The zero-order chi connectivity index (χ0) is 35.6. The maximum atomic E-state index is 14.6. The van der Waals surface area contributed by atoms with Gasteiger partial charge >= 0.3 is 0 Å². The number of carbonyl (C=O) groups excluding carboxylic acids is 5. The molecule has 12 nitrogen and oxygen atoms in total. The average molecular weight is 711 g/mol. The van der Waals surface area contributed by atoms with Gasteiger partial charge in [-0.05, 0) is 55.4 Å². The summed E-state index contributed by atoms with van der Waals surface area (Å²) in [5, 5.41) is 13.5. The summed E-state index contributed by atoms with van der Waals surface area (Å²) in [4.78, 5) is 80.4. The van der Waals surface area contributed by atoms with Crippen LogP contribution in [0.2, 0.25) is 5.02 Å². The molecular weight excluding hydrogens is 660 g/mol. The molecule has 3 aliphatic carbocycles. The zero-order valence-corrected chi connectivity index (χ0v) is 30.2. The van der Waals surface area contributed by atoms with Crippen LogP contribution < -0.4 is 16.0 Å². The molecule has 6 rings (SSSR count). The van der Waals surface area contributed by atoms with Gasteiger partial charge in [-0.3, -0.25) is 29.0 Å². The Kier molecular flexibility index (Phi) is 10.9. The van der Waals surface area contributed by atoms with E-state index in [-0.39, 0.29) is 30.8 Å². The molecule has 50 heavy (non-hydrogen) atoms. The number of hydrogen-bond acceptors (Lipinski definition) is 8. The summed E-state index contributed by atoms with van der Waals surface area (Å²) in [5.74, 6) is -1.94. The number of amides is 4. The minimum Gasteiger partial charge on any atom is -0.387 e. The first kappa shape index (κ1) is 36.3. The summed E-state index contributed by atoms with van der Waals surface area (Å²) in [6.07, 6.45) is 14.3. The number of Topliss-reactive ketones (excluding diaryl/α,β-unsaturated/α-hetero) is 1. The van der Waals surface area contributed by atoms with Crippen LogP contribution >= 0.6 is 11.6 Å². The van der Waals surface area contributed by atoms with Gasteiger partial charge in [-0.2, -0.15) is 0 Å². The second-order valence-electron chi connectivity index (χ2n) is 16.3. The van der Waals surface area contributed by atoms with Crippen LogP contribution in [0.15, 0.2) is 23.6 Å². The fourth-order valence-corrected chi connectivity index (χ4v) is 7.92. The lowest BCUT2D eigenvalue weighted by Crippen LogP contribution is -2.59. The highest BCUT2D eigenvalue weighted by Gasteiger charge is 2.56. The van der Waals surface area contributed by atoms with E-state index in [1.165, 1.54) is 17.5 Å². The molecule has 272 valence electrons. The largest absolute Gasteiger partial charge is 0.387 e. The molecule has 2 aliphatic heterocycles. The molecule has 4 amide bonds. The third kappa shape index (κ3) is 8.66. The van der Waals surface area contributed by atoms with E-state index in [0.29, 0.717) is 41.5 Å². The highest BCUT2D eigenvalue weighted by atomic mass is 35.5. The van der Waals surface area contributed by atoms with Crippen LogP contribution in [0.25, 0.3) is 0 Å². The number of carbonyl (C=O) groups is 5. The van der Waals surface area contributed by atoms with Crippen LogP contribution in [0, 0.1) is 17.3 Å². The van der Waals surface area contributed by atoms with E-state index in [1.807, 2.05) is 20.8 Å². The van der Waals surface area contributed by atoms with Crippen molar-refractivity contribution in [2.24, 2.45) is 22.4 Å². The second-order valence-corrected chi connectivity index (χ2v) is 16.8. The number of hydrogen-bond donors (Lipinski definition) is 3. The quantitative estimate of drug-likeness (QED) is 0.274. The van der Waals surface area contributed by atoms with Gasteiger partial charge in [-0.1, -0.05) is 76.1 Å². The van der Waals surface area contributed by atoms with E-state index in [1.54, 1.807) is 12.3 Å². The molecule has 4 atom stereocenters. The summed E-state index contributed by atoms with van der Waals surface area (Å²) in [6.45, 7) is 5.72. The van der Waals surface area contributed by atoms with E-state index in [2.05, 4.69) is 26.1 Å². The van der Waals surface area contributed by atoms with Crippen molar-refractivity contribution in [3.63, 3.8) is 0 Å². The van der Waals surface area contributed by atoms with E-state index in [4.69, 9.17) is 16.4 Å². The molecule has 0 bridgehead atoms. The van der Waals surface area contributed by atoms with Gasteiger partial charge in [-0.25, -0.2) is 0 Å². The van der Waals surface area contributed by atoms with Crippen LogP contribution in [0.4, 0.5) is 0 Å². The molecule has 4 fully saturated rings. The molecule has 3 saturated carbocycles. The number of pyridine rings is 1. The van der Waals surface area contributed by atoms with E-state index >= 15 is 0 Å². The standard InChI is InChI=1S/C37H51ClN6O6/c1-36(2,3)32(42-30(45)15-23-8-5-4-6-9-23)35(49)44-21-37(17-28(43-50-37)24-16-25(38)20-39-19-24)18-29(44)33(47)41-27(14-22-10-7-11-22)31(46)34(48)40-26-12-13-26/h16,19-20,22-23,26-27,29,32H,4-15,17-18,21H2,1-3H3,(H,40,48)(H,41,47)(H,42,45)/t27?,29-,32+,37+/m0/s1. The van der Waals surface area contributed by atoms with Crippen LogP contribution in [-0.4, -0.2) is 81.3 Å². The Labute approximate surface area is 299 Å². The number of nitrogens with zero attached hydrogens (tertiary/aromatic N) is 3. The SMILES string of the molecule is CC(C)(C)[C@H](NC(=O)CC1CCCCC1)C(=O)N1C[C@@]2(CC(c3cncc(Cl)c3)=NO2)C[C@H]1C(=O)NC(CC1CCC1)C(=O)C(=O)NC1CC1. The Bertz CT molecular complexity index is 1510. The molecule has 1 aromatic heterocycles. The van der Waals surface area contributed by atoms with Crippen LogP contribution in [0.3, 0.4) is 0 Å². The maximum Gasteiger partial charge on any atom is 0.289 e. The molecule has 0 aromatic carbocycles. The molecular formula is C37H51ClN6O6. The molecule has 1 saturated heterocycles. The van der Waals surface area contributed by atoms with Gasteiger partial charge in [0.15, 0.2) is 5.60 Å². The van der Waals surface area contributed by atoms with Gasteiger partial charge < -0.3 is 25.7 Å². The van der Waals surface area contributed by atoms with Gasteiger partial charge in [0.05, 0.1) is 23.3 Å². The molecule has 5 aliphatic rings. The van der Waals surface area contributed by atoms with Gasteiger partial charge in [0, 0.05) is 43.3 Å². The minimum absolute atomic E-state index is 0.000342. The number of halogens is 1. The normalized spacial score (nSPS) is 25.2. The minimum atomic E-state index is -1.03. The molecule has 1 spiro atoms. The predicted octanol–water partition coefficient (Wildman–Crippen LogP) is 4.22. The number of ketones is 1. The van der Waals surface area contributed by atoms with Crippen molar-refractivity contribution in [2.45, 2.75) is 140 Å². The van der Waals surface area contributed by atoms with Gasteiger partial charge in [0.2, 0.25) is 23.5 Å². The lowest BCUT2D eigenvalue weighted by atomic mass is 9.80. The highest BCUT2D eigenvalue weighted by molar-refractivity contribution is 6.38. The Morgan fingerprint density at radius 3 is 2.34 bits per heavy atom. The first-order valence-electron chi connectivity index (χ1n) is 18.4. The number of oxime groups is 1. The third-order valence-electron chi connectivity index (χ3n) is 11.0. The fraction of sp³-hybridized carbons (Fsp3) is 0.703. The Hall–Kier alpha value is -3.54. The Morgan fingerprint density at radius 2 is 1.70 bits per heavy atom. The van der Waals surface area contributed by atoms with Gasteiger partial charge in [0.25, 0.3) is 5.91 Å². The van der Waals surface area contributed by atoms with Crippen LogP contribution in [0.5, 0.6) is 0 Å². The van der Waals surface area contributed by atoms with Crippen molar-refractivity contribution in [1.82, 2.24) is 25.8 Å². The van der Waals surface area contributed by atoms with Crippen molar-refractivity contribution >= 4 is 46.7 Å². The average Bonchev–Trinajstić information content (AvgIpc) is 3.65. The number of likely N-dealkylation sites (tertiary alicyclic amines) is 1. The van der Waals surface area contributed by atoms with Gasteiger partial charge in [0.1, 0.15) is 12.1 Å². The Morgan fingerprint density at radius 1 is 0.980 bits per heavy atom. The number of nitrogens with one attached hydrogen (secondary N) is 3. The maximum absolute atomic E-state index is 14.6. The van der Waals surface area contributed by atoms with Crippen molar-refractivity contribution < 1.29 is 28.8 Å².